The fourth-order valence-corrected chi connectivity index (χ4v) is 7.59. The fraction of sp³-hybridized carbons (Fsp3) is 0.375. The first-order valence-electron chi connectivity index (χ1n) is 11.8. The van der Waals surface area contributed by atoms with Crippen molar-refractivity contribution in [1.29, 1.82) is 0 Å². The molecular formula is C24H25F3N6O3S2. The number of hydrogen-bond donors (Lipinski definition) is 0. The summed E-state index contributed by atoms with van der Waals surface area (Å²) in [5.74, 6) is 0.599. The van der Waals surface area contributed by atoms with Gasteiger partial charge in [-0.2, -0.15) is 22.6 Å². The van der Waals surface area contributed by atoms with Crippen molar-refractivity contribution in [1.82, 2.24) is 28.5 Å². The molecule has 38 heavy (non-hydrogen) atoms. The van der Waals surface area contributed by atoms with Crippen LogP contribution >= 0.6 is 11.3 Å². The molecule has 1 fully saturated rings. The van der Waals surface area contributed by atoms with Crippen molar-refractivity contribution in [2.24, 2.45) is 14.1 Å². The molecule has 202 valence electrons. The lowest BCUT2D eigenvalue weighted by molar-refractivity contribution is -0.141. The van der Waals surface area contributed by atoms with Gasteiger partial charge in [0.1, 0.15) is 10.0 Å². The molecule has 1 saturated heterocycles. The maximum absolute atomic E-state index is 13.3. The molecular weight excluding hydrogens is 541 g/mol. The summed E-state index contributed by atoms with van der Waals surface area (Å²) >= 11 is 0.914. The number of benzene rings is 1. The molecule has 5 rings (SSSR count). The van der Waals surface area contributed by atoms with Crippen LogP contribution < -0.4 is 5.56 Å². The van der Waals surface area contributed by atoms with Crippen LogP contribution in [0.15, 0.2) is 51.5 Å². The molecule has 4 heterocycles. The molecule has 1 atom stereocenters. The van der Waals surface area contributed by atoms with E-state index in [-0.39, 0.29) is 34.6 Å². The largest absolute Gasteiger partial charge is 0.435 e. The van der Waals surface area contributed by atoms with Gasteiger partial charge >= 0.3 is 6.18 Å². The third-order valence-electron chi connectivity index (χ3n) is 6.81. The number of fused-ring (bicyclic) bond motifs is 1. The molecule has 4 aromatic rings. The normalized spacial score (nSPS) is 16.8. The van der Waals surface area contributed by atoms with Gasteiger partial charge in [0.15, 0.2) is 5.69 Å². The SMILES string of the molecule is CC(c1nc2ccccc2c(=O)n1C)N1CCN(S(=O)(=O)c2ccc(-c3cc(C(F)(F)F)nn3C)s2)CC1. The van der Waals surface area contributed by atoms with Gasteiger partial charge in [-0.25, -0.2) is 13.4 Å². The van der Waals surface area contributed by atoms with Crippen LogP contribution in [-0.4, -0.2) is 63.1 Å². The van der Waals surface area contributed by atoms with E-state index in [0.29, 0.717) is 34.7 Å². The van der Waals surface area contributed by atoms with Crippen molar-refractivity contribution >= 4 is 32.3 Å². The molecule has 1 aromatic carbocycles. The number of nitrogens with zero attached hydrogens (tertiary/aromatic N) is 6. The van der Waals surface area contributed by atoms with Gasteiger partial charge in [0.25, 0.3) is 15.6 Å². The first-order chi connectivity index (χ1) is 17.9. The van der Waals surface area contributed by atoms with Crippen molar-refractivity contribution in [3.8, 4) is 10.6 Å². The van der Waals surface area contributed by atoms with E-state index in [4.69, 9.17) is 4.98 Å². The highest BCUT2D eigenvalue weighted by Gasteiger charge is 2.36. The van der Waals surface area contributed by atoms with Crippen LogP contribution in [0.4, 0.5) is 13.2 Å². The highest BCUT2D eigenvalue weighted by molar-refractivity contribution is 7.91. The molecule has 1 aliphatic heterocycles. The first-order valence-corrected chi connectivity index (χ1v) is 14.0. The number of hydrogen-bond acceptors (Lipinski definition) is 7. The van der Waals surface area contributed by atoms with Crippen molar-refractivity contribution in [3.63, 3.8) is 0 Å². The van der Waals surface area contributed by atoms with E-state index < -0.39 is 21.9 Å². The summed E-state index contributed by atoms with van der Waals surface area (Å²) in [5.41, 5.74) is -0.363. The molecule has 0 saturated carbocycles. The Bertz CT molecular complexity index is 1670. The van der Waals surface area contributed by atoms with Crippen molar-refractivity contribution < 1.29 is 21.6 Å². The van der Waals surface area contributed by atoms with Crippen molar-refractivity contribution in [3.05, 3.63) is 64.3 Å². The zero-order valence-corrected chi connectivity index (χ0v) is 22.4. The summed E-state index contributed by atoms with van der Waals surface area (Å²) in [5, 5.41) is 4.04. The number of alkyl halides is 3. The second-order valence-electron chi connectivity index (χ2n) is 9.12. The van der Waals surface area contributed by atoms with E-state index in [1.54, 1.807) is 25.2 Å². The number of aromatic nitrogens is 4. The number of piperazine rings is 1. The summed E-state index contributed by atoms with van der Waals surface area (Å²) in [6.45, 7) is 3.25. The highest BCUT2D eigenvalue weighted by atomic mass is 32.2. The van der Waals surface area contributed by atoms with Gasteiger partial charge in [0.05, 0.1) is 27.5 Å². The molecule has 0 aliphatic carbocycles. The van der Waals surface area contributed by atoms with Gasteiger partial charge in [-0.05, 0) is 37.3 Å². The van der Waals surface area contributed by atoms with Gasteiger partial charge in [-0.1, -0.05) is 12.1 Å². The van der Waals surface area contributed by atoms with Crippen LogP contribution in [0.3, 0.4) is 0 Å². The summed E-state index contributed by atoms with van der Waals surface area (Å²) < 4.78 is 69.9. The Morgan fingerprint density at radius 3 is 2.37 bits per heavy atom. The topological polar surface area (TPSA) is 93.3 Å². The summed E-state index contributed by atoms with van der Waals surface area (Å²) in [7, 11) is -0.768. The Morgan fingerprint density at radius 2 is 1.71 bits per heavy atom. The maximum Gasteiger partial charge on any atom is 0.435 e. The highest BCUT2D eigenvalue weighted by Crippen LogP contribution is 2.36. The molecule has 0 spiro atoms. The van der Waals surface area contributed by atoms with Gasteiger partial charge in [-0.15, -0.1) is 11.3 Å². The summed E-state index contributed by atoms with van der Waals surface area (Å²) in [6.07, 6.45) is -4.59. The van der Waals surface area contributed by atoms with Crippen molar-refractivity contribution in [2.45, 2.75) is 23.4 Å². The monoisotopic (exact) mass is 566 g/mol. The molecule has 1 unspecified atom stereocenters. The number of rotatable bonds is 5. The third-order valence-corrected chi connectivity index (χ3v) is 10.3. The Kier molecular flexibility index (Phi) is 6.70. The second kappa shape index (κ2) is 9.59. The lowest BCUT2D eigenvalue weighted by Crippen LogP contribution is -2.49. The number of halogens is 3. The zero-order valence-electron chi connectivity index (χ0n) is 20.8. The molecule has 1 aliphatic rings. The van der Waals surface area contributed by atoms with Crippen LogP contribution in [-0.2, 0) is 30.3 Å². The standard InChI is InChI=1S/C24H25F3N6O3S2/c1-15(22-28-17-7-5-4-6-16(17)23(34)30(22)2)32-10-12-33(13-11-32)38(35,36)21-9-8-19(37-21)18-14-20(24(25,26)27)29-31(18)3/h4-9,14-15H,10-13H2,1-3H3. The van der Waals surface area contributed by atoms with Crippen LogP contribution in [0.5, 0.6) is 0 Å². The van der Waals surface area contributed by atoms with Crippen molar-refractivity contribution in [2.75, 3.05) is 26.2 Å². The second-order valence-corrected chi connectivity index (χ2v) is 12.4. The number of thiophene rings is 1. The lowest BCUT2D eigenvalue weighted by Gasteiger charge is -2.37. The number of sulfonamides is 1. The lowest BCUT2D eigenvalue weighted by atomic mass is 10.2. The van der Waals surface area contributed by atoms with Gasteiger partial charge in [0.2, 0.25) is 0 Å². The molecule has 9 nitrogen and oxygen atoms in total. The Hall–Kier alpha value is -3.07. The van der Waals surface area contributed by atoms with Crippen LogP contribution in [0.25, 0.3) is 21.5 Å². The molecule has 0 radical (unpaired) electrons. The average Bonchev–Trinajstić information content (AvgIpc) is 3.53. The minimum absolute atomic E-state index is 0.0577. The van der Waals surface area contributed by atoms with Crippen LogP contribution in [0.1, 0.15) is 24.5 Å². The predicted molar refractivity (Wildman–Crippen MR) is 137 cm³/mol. The van der Waals surface area contributed by atoms with E-state index in [0.717, 1.165) is 22.1 Å². The predicted octanol–water partition coefficient (Wildman–Crippen LogP) is 3.48. The van der Waals surface area contributed by atoms with Gasteiger partial charge < -0.3 is 0 Å². The maximum atomic E-state index is 13.3. The van der Waals surface area contributed by atoms with Gasteiger partial charge in [-0.3, -0.25) is 18.9 Å². The number of aryl methyl sites for hydroxylation is 1. The molecule has 3 aromatic heterocycles. The smallest absolute Gasteiger partial charge is 0.298 e. The molecule has 14 heteroatoms. The summed E-state index contributed by atoms with van der Waals surface area (Å²) in [6, 6.07) is 10.8. The first kappa shape index (κ1) is 26.5. The quantitative estimate of drug-likeness (QED) is 0.367. The Labute approximate surface area is 220 Å². The molecule has 0 amide bonds. The minimum atomic E-state index is -4.59. The Morgan fingerprint density at radius 1 is 1.03 bits per heavy atom. The number of para-hydroxylation sites is 1. The Balaban J connectivity index is 1.32. The van der Waals surface area contributed by atoms with E-state index in [1.165, 1.54) is 28.1 Å². The minimum Gasteiger partial charge on any atom is -0.298 e. The fourth-order valence-electron chi connectivity index (χ4n) is 4.66. The van der Waals surface area contributed by atoms with Crippen LogP contribution in [0, 0.1) is 0 Å². The van der Waals surface area contributed by atoms with E-state index in [2.05, 4.69) is 10.00 Å². The molecule has 0 N–H and O–H groups in total. The van der Waals surface area contributed by atoms with Crippen LogP contribution in [0.2, 0.25) is 0 Å². The van der Waals surface area contributed by atoms with E-state index in [9.17, 15) is 26.4 Å². The summed E-state index contributed by atoms with van der Waals surface area (Å²) in [4.78, 5) is 20.0. The van der Waals surface area contributed by atoms with Gasteiger partial charge in [0, 0.05) is 40.3 Å². The zero-order chi connectivity index (χ0) is 27.4. The van der Waals surface area contributed by atoms with E-state index in [1.807, 2.05) is 13.0 Å². The third kappa shape index (κ3) is 4.65. The van der Waals surface area contributed by atoms with E-state index >= 15 is 0 Å². The average molecular weight is 567 g/mol. The molecule has 0 bridgehead atoms.